The lowest BCUT2D eigenvalue weighted by Crippen LogP contribution is -2.29. The molecule has 0 saturated carbocycles. The summed E-state index contributed by atoms with van der Waals surface area (Å²) in [5.41, 5.74) is 4.74. The summed E-state index contributed by atoms with van der Waals surface area (Å²) < 4.78 is 26.7. The van der Waals surface area contributed by atoms with Crippen LogP contribution >= 0.6 is 0 Å². The van der Waals surface area contributed by atoms with Crippen LogP contribution in [0, 0.1) is 13.8 Å². The van der Waals surface area contributed by atoms with E-state index in [0.29, 0.717) is 18.0 Å². The Balaban J connectivity index is 2.50. The Kier molecular flexibility index (Phi) is 3.61. The maximum absolute atomic E-state index is 12.6. The van der Waals surface area contributed by atoms with Gasteiger partial charge in [-0.15, -0.1) is 0 Å². The summed E-state index contributed by atoms with van der Waals surface area (Å²) in [6.07, 6.45) is 1.89. The first-order valence-electron chi connectivity index (χ1n) is 6.05. The number of hydrazine groups is 1. The molecule has 1 aliphatic heterocycles. The number of nitrogen functional groups attached to an aromatic ring is 1. The van der Waals surface area contributed by atoms with Crippen molar-refractivity contribution in [2.24, 2.45) is 5.84 Å². The smallest absolute Gasteiger partial charge is 0.243 e. The van der Waals surface area contributed by atoms with Crippen molar-refractivity contribution in [1.82, 2.24) is 4.31 Å². The molecular formula is C12H19N3O2S. The Labute approximate surface area is 108 Å². The van der Waals surface area contributed by atoms with Crippen molar-refractivity contribution in [2.45, 2.75) is 31.6 Å². The molecule has 6 heteroatoms. The summed E-state index contributed by atoms with van der Waals surface area (Å²) in [4.78, 5) is 0.420. The van der Waals surface area contributed by atoms with E-state index < -0.39 is 10.0 Å². The maximum atomic E-state index is 12.6. The van der Waals surface area contributed by atoms with E-state index in [1.165, 1.54) is 0 Å². The van der Waals surface area contributed by atoms with Crippen molar-refractivity contribution >= 4 is 15.7 Å². The van der Waals surface area contributed by atoms with Gasteiger partial charge in [-0.05, 0) is 49.9 Å². The lowest BCUT2D eigenvalue weighted by atomic mass is 10.1. The number of sulfonamides is 1. The van der Waals surface area contributed by atoms with Crippen LogP contribution in [-0.4, -0.2) is 25.8 Å². The second-order valence-corrected chi connectivity index (χ2v) is 6.57. The fourth-order valence-electron chi connectivity index (χ4n) is 2.50. The monoisotopic (exact) mass is 269 g/mol. The summed E-state index contributed by atoms with van der Waals surface area (Å²) in [6, 6.07) is 3.52. The third-order valence-corrected chi connectivity index (χ3v) is 5.49. The van der Waals surface area contributed by atoms with Crippen LogP contribution < -0.4 is 11.3 Å². The predicted molar refractivity (Wildman–Crippen MR) is 71.7 cm³/mol. The molecule has 2 rings (SSSR count). The van der Waals surface area contributed by atoms with Crippen LogP contribution in [0.5, 0.6) is 0 Å². The number of anilines is 1. The summed E-state index contributed by atoms with van der Waals surface area (Å²) >= 11 is 0. The minimum absolute atomic E-state index is 0.420. The van der Waals surface area contributed by atoms with Crippen molar-refractivity contribution in [1.29, 1.82) is 0 Å². The molecule has 18 heavy (non-hydrogen) atoms. The first-order valence-corrected chi connectivity index (χ1v) is 7.49. The molecule has 0 unspecified atom stereocenters. The zero-order chi connectivity index (χ0) is 13.3. The van der Waals surface area contributed by atoms with Gasteiger partial charge in [0.1, 0.15) is 0 Å². The number of nitrogens with zero attached hydrogens (tertiary/aromatic N) is 1. The van der Waals surface area contributed by atoms with Crippen LogP contribution in [0.3, 0.4) is 0 Å². The fraction of sp³-hybridized carbons (Fsp3) is 0.500. The molecule has 100 valence electrons. The highest BCUT2D eigenvalue weighted by molar-refractivity contribution is 7.89. The normalized spacial score (nSPS) is 17.1. The number of aryl methyl sites for hydroxylation is 2. The molecule has 0 atom stereocenters. The van der Waals surface area contributed by atoms with E-state index in [4.69, 9.17) is 5.84 Å². The molecule has 1 heterocycles. The van der Waals surface area contributed by atoms with Gasteiger partial charge in [0.05, 0.1) is 4.90 Å². The van der Waals surface area contributed by atoms with Crippen LogP contribution in [0.2, 0.25) is 0 Å². The SMILES string of the molecule is Cc1cc(NN)cc(C)c1S(=O)(=O)N1CCCC1. The lowest BCUT2D eigenvalue weighted by Gasteiger charge is -2.19. The Hall–Kier alpha value is -1.11. The predicted octanol–water partition coefficient (Wildman–Crippen LogP) is 1.37. The zero-order valence-electron chi connectivity index (χ0n) is 10.7. The third kappa shape index (κ3) is 2.23. The van der Waals surface area contributed by atoms with E-state index in [9.17, 15) is 8.42 Å². The number of benzene rings is 1. The van der Waals surface area contributed by atoms with Gasteiger partial charge in [-0.1, -0.05) is 0 Å². The van der Waals surface area contributed by atoms with Gasteiger partial charge < -0.3 is 5.43 Å². The molecule has 1 aliphatic rings. The maximum Gasteiger partial charge on any atom is 0.243 e. The van der Waals surface area contributed by atoms with Gasteiger partial charge in [0.15, 0.2) is 0 Å². The van der Waals surface area contributed by atoms with Gasteiger partial charge in [-0.25, -0.2) is 8.42 Å². The van der Waals surface area contributed by atoms with Gasteiger partial charge >= 0.3 is 0 Å². The Morgan fingerprint density at radius 2 is 1.67 bits per heavy atom. The van der Waals surface area contributed by atoms with E-state index in [-0.39, 0.29) is 0 Å². The van der Waals surface area contributed by atoms with Crippen molar-refractivity contribution in [3.8, 4) is 0 Å². The molecular weight excluding hydrogens is 250 g/mol. The van der Waals surface area contributed by atoms with E-state index in [0.717, 1.165) is 29.7 Å². The lowest BCUT2D eigenvalue weighted by molar-refractivity contribution is 0.476. The molecule has 0 aromatic heterocycles. The van der Waals surface area contributed by atoms with Crippen LogP contribution in [0.1, 0.15) is 24.0 Å². The third-order valence-electron chi connectivity index (χ3n) is 3.29. The highest BCUT2D eigenvalue weighted by Crippen LogP contribution is 2.28. The minimum atomic E-state index is -3.36. The number of nitrogens with one attached hydrogen (secondary N) is 1. The van der Waals surface area contributed by atoms with E-state index in [2.05, 4.69) is 5.43 Å². The highest BCUT2D eigenvalue weighted by Gasteiger charge is 2.29. The molecule has 1 saturated heterocycles. The minimum Gasteiger partial charge on any atom is -0.324 e. The summed E-state index contributed by atoms with van der Waals surface area (Å²) in [5.74, 6) is 5.36. The van der Waals surface area contributed by atoms with E-state index in [1.54, 1.807) is 30.3 Å². The molecule has 0 radical (unpaired) electrons. The zero-order valence-corrected chi connectivity index (χ0v) is 11.5. The van der Waals surface area contributed by atoms with Crippen LogP contribution in [0.25, 0.3) is 0 Å². The Morgan fingerprint density at radius 1 is 1.17 bits per heavy atom. The van der Waals surface area contributed by atoms with Gasteiger partial charge in [0, 0.05) is 18.8 Å². The second kappa shape index (κ2) is 4.87. The quantitative estimate of drug-likeness (QED) is 0.642. The molecule has 3 N–H and O–H groups in total. The van der Waals surface area contributed by atoms with Gasteiger partial charge in [-0.2, -0.15) is 4.31 Å². The summed E-state index contributed by atoms with van der Waals surface area (Å²) in [7, 11) is -3.36. The highest BCUT2D eigenvalue weighted by atomic mass is 32.2. The number of hydrogen-bond acceptors (Lipinski definition) is 4. The molecule has 1 aromatic rings. The van der Waals surface area contributed by atoms with Crippen molar-refractivity contribution in [3.05, 3.63) is 23.3 Å². The van der Waals surface area contributed by atoms with Crippen molar-refractivity contribution in [2.75, 3.05) is 18.5 Å². The molecule has 0 bridgehead atoms. The Bertz CT molecular complexity index is 525. The largest absolute Gasteiger partial charge is 0.324 e. The summed E-state index contributed by atoms with van der Waals surface area (Å²) in [6.45, 7) is 4.85. The van der Waals surface area contributed by atoms with Gasteiger partial charge in [-0.3, -0.25) is 5.84 Å². The van der Waals surface area contributed by atoms with Crippen LogP contribution in [0.15, 0.2) is 17.0 Å². The topological polar surface area (TPSA) is 75.4 Å². The van der Waals surface area contributed by atoms with Crippen LogP contribution in [-0.2, 0) is 10.0 Å². The first kappa shape index (κ1) is 13.3. The molecule has 0 spiro atoms. The molecule has 0 aliphatic carbocycles. The van der Waals surface area contributed by atoms with Gasteiger partial charge in [0.2, 0.25) is 10.0 Å². The fourth-order valence-corrected chi connectivity index (χ4v) is 4.43. The van der Waals surface area contributed by atoms with Crippen molar-refractivity contribution < 1.29 is 8.42 Å². The molecule has 1 fully saturated rings. The summed E-state index contributed by atoms with van der Waals surface area (Å²) in [5, 5.41) is 0. The molecule has 1 aromatic carbocycles. The van der Waals surface area contributed by atoms with E-state index >= 15 is 0 Å². The van der Waals surface area contributed by atoms with Crippen molar-refractivity contribution in [3.63, 3.8) is 0 Å². The second-order valence-electron chi connectivity index (χ2n) is 4.69. The Morgan fingerprint density at radius 3 is 2.11 bits per heavy atom. The number of nitrogens with two attached hydrogens (primary N) is 1. The van der Waals surface area contributed by atoms with E-state index in [1.807, 2.05) is 0 Å². The first-order chi connectivity index (χ1) is 8.46. The standard InChI is InChI=1S/C12H19N3O2S/c1-9-7-11(14-13)8-10(2)12(9)18(16,17)15-5-3-4-6-15/h7-8,14H,3-6,13H2,1-2H3. The van der Waals surface area contributed by atoms with Crippen LogP contribution in [0.4, 0.5) is 5.69 Å². The molecule has 0 amide bonds. The molecule has 5 nitrogen and oxygen atoms in total. The average molecular weight is 269 g/mol. The number of hydrogen-bond donors (Lipinski definition) is 2. The average Bonchev–Trinajstić information content (AvgIpc) is 2.81. The van der Waals surface area contributed by atoms with Gasteiger partial charge in [0.25, 0.3) is 0 Å². The number of rotatable bonds is 3.